The number of aromatic nitrogens is 3. The third-order valence-electron chi connectivity index (χ3n) is 4.78. The molecular formula is C24H21N3O2. The van der Waals surface area contributed by atoms with Crippen LogP contribution in [-0.2, 0) is 4.74 Å². The van der Waals surface area contributed by atoms with Gasteiger partial charge in [-0.1, -0.05) is 59.7 Å². The van der Waals surface area contributed by atoms with E-state index in [0.29, 0.717) is 5.56 Å². The van der Waals surface area contributed by atoms with Gasteiger partial charge >= 0.3 is 5.97 Å². The summed E-state index contributed by atoms with van der Waals surface area (Å²) in [5.41, 5.74) is 7.16. The molecule has 0 unspecified atom stereocenters. The first-order valence-electron chi connectivity index (χ1n) is 9.35. The van der Waals surface area contributed by atoms with Crippen molar-refractivity contribution in [3.8, 4) is 28.2 Å². The van der Waals surface area contributed by atoms with E-state index < -0.39 is 0 Å². The number of carbonyl (C=O) groups is 1. The molecule has 4 rings (SSSR count). The Kier molecular flexibility index (Phi) is 4.96. The van der Waals surface area contributed by atoms with E-state index in [9.17, 15) is 4.79 Å². The molecule has 0 aliphatic carbocycles. The number of ether oxygens (including phenoxy) is 1. The summed E-state index contributed by atoms with van der Waals surface area (Å²) in [6.07, 6.45) is 0. The Bertz CT molecular complexity index is 1140. The van der Waals surface area contributed by atoms with Crippen LogP contribution in [0.25, 0.3) is 28.2 Å². The van der Waals surface area contributed by atoms with Crippen LogP contribution in [0, 0.1) is 13.8 Å². The molecule has 144 valence electrons. The molecule has 0 fully saturated rings. The second-order valence-corrected chi connectivity index (χ2v) is 6.96. The SMILES string of the molecule is COC(=O)c1ccc(-c2nn(-c3ccc(C)cc3)nc2-c2ccc(C)cc2)cc1. The Hall–Kier alpha value is -3.73. The van der Waals surface area contributed by atoms with E-state index in [4.69, 9.17) is 14.9 Å². The van der Waals surface area contributed by atoms with Gasteiger partial charge in [0.1, 0.15) is 11.4 Å². The highest BCUT2D eigenvalue weighted by Crippen LogP contribution is 2.30. The number of aryl methyl sites for hydroxylation is 2. The molecule has 0 amide bonds. The van der Waals surface area contributed by atoms with Crippen LogP contribution in [-0.4, -0.2) is 28.1 Å². The topological polar surface area (TPSA) is 57.0 Å². The standard InChI is InChI=1S/C24H21N3O2/c1-16-4-8-18(9-5-16)22-23(19-10-12-20(13-11-19)24(28)29-3)26-27(25-22)21-14-6-17(2)7-15-21/h4-15H,1-3H3. The van der Waals surface area contributed by atoms with E-state index in [2.05, 4.69) is 19.1 Å². The summed E-state index contributed by atoms with van der Waals surface area (Å²) in [4.78, 5) is 13.4. The van der Waals surface area contributed by atoms with E-state index in [0.717, 1.165) is 28.2 Å². The van der Waals surface area contributed by atoms with Crippen LogP contribution < -0.4 is 0 Å². The number of esters is 1. The maximum absolute atomic E-state index is 11.7. The number of hydrogen-bond donors (Lipinski definition) is 0. The Balaban J connectivity index is 1.83. The second kappa shape index (κ2) is 7.72. The lowest BCUT2D eigenvalue weighted by molar-refractivity contribution is 0.0601. The van der Waals surface area contributed by atoms with Gasteiger partial charge < -0.3 is 4.74 Å². The van der Waals surface area contributed by atoms with Crippen LogP contribution in [0.4, 0.5) is 0 Å². The highest BCUT2D eigenvalue weighted by atomic mass is 16.5. The van der Waals surface area contributed by atoms with Gasteiger partial charge in [-0.05, 0) is 38.1 Å². The molecule has 5 nitrogen and oxygen atoms in total. The quantitative estimate of drug-likeness (QED) is 0.465. The average Bonchev–Trinajstić information content (AvgIpc) is 3.19. The molecule has 0 spiro atoms. The van der Waals surface area contributed by atoms with Gasteiger partial charge in [-0.15, -0.1) is 10.2 Å². The van der Waals surface area contributed by atoms with Gasteiger partial charge in [-0.25, -0.2) is 4.79 Å². The van der Waals surface area contributed by atoms with Crippen LogP contribution in [0.3, 0.4) is 0 Å². The highest BCUT2D eigenvalue weighted by Gasteiger charge is 2.17. The molecule has 0 N–H and O–H groups in total. The van der Waals surface area contributed by atoms with Crippen LogP contribution in [0.5, 0.6) is 0 Å². The Morgan fingerprint density at radius 2 is 1.17 bits per heavy atom. The molecule has 0 saturated heterocycles. The lowest BCUT2D eigenvalue weighted by Gasteiger charge is -2.03. The van der Waals surface area contributed by atoms with Crippen molar-refractivity contribution in [2.24, 2.45) is 0 Å². The van der Waals surface area contributed by atoms with E-state index >= 15 is 0 Å². The molecule has 3 aromatic carbocycles. The summed E-state index contributed by atoms with van der Waals surface area (Å²) in [6, 6.07) is 23.5. The summed E-state index contributed by atoms with van der Waals surface area (Å²) >= 11 is 0. The molecule has 0 aliphatic rings. The first-order valence-corrected chi connectivity index (χ1v) is 9.35. The first kappa shape index (κ1) is 18.6. The van der Waals surface area contributed by atoms with Crippen molar-refractivity contribution < 1.29 is 9.53 Å². The molecule has 0 radical (unpaired) electrons. The predicted octanol–water partition coefficient (Wildman–Crippen LogP) is 5.00. The number of benzene rings is 3. The fraction of sp³-hybridized carbons (Fsp3) is 0.125. The van der Waals surface area contributed by atoms with Crippen molar-refractivity contribution >= 4 is 5.97 Å². The lowest BCUT2D eigenvalue weighted by Crippen LogP contribution is -2.00. The summed E-state index contributed by atoms with van der Waals surface area (Å²) < 4.78 is 4.79. The van der Waals surface area contributed by atoms with Crippen molar-refractivity contribution in [3.63, 3.8) is 0 Å². The third kappa shape index (κ3) is 3.80. The van der Waals surface area contributed by atoms with E-state index in [1.807, 2.05) is 55.5 Å². The summed E-state index contributed by atoms with van der Waals surface area (Å²) in [5, 5.41) is 9.54. The maximum atomic E-state index is 11.7. The molecule has 0 atom stereocenters. The maximum Gasteiger partial charge on any atom is 0.337 e. The van der Waals surface area contributed by atoms with Crippen molar-refractivity contribution in [2.45, 2.75) is 13.8 Å². The van der Waals surface area contributed by atoms with Crippen LogP contribution >= 0.6 is 0 Å². The van der Waals surface area contributed by atoms with Crippen LogP contribution in [0.2, 0.25) is 0 Å². The summed E-state index contributed by atoms with van der Waals surface area (Å²) in [5.74, 6) is -0.362. The van der Waals surface area contributed by atoms with E-state index in [1.54, 1.807) is 16.9 Å². The van der Waals surface area contributed by atoms with Crippen molar-refractivity contribution in [2.75, 3.05) is 7.11 Å². The molecule has 1 heterocycles. The van der Waals surface area contributed by atoms with Crippen molar-refractivity contribution in [1.82, 2.24) is 15.0 Å². The first-order chi connectivity index (χ1) is 14.0. The normalized spacial score (nSPS) is 10.7. The number of rotatable bonds is 4. The number of hydrogen-bond acceptors (Lipinski definition) is 4. The molecule has 29 heavy (non-hydrogen) atoms. The van der Waals surface area contributed by atoms with Gasteiger partial charge in [0, 0.05) is 11.1 Å². The van der Waals surface area contributed by atoms with Crippen LogP contribution in [0.15, 0.2) is 72.8 Å². The molecule has 0 aliphatic heterocycles. The highest BCUT2D eigenvalue weighted by molar-refractivity contribution is 5.90. The summed E-state index contributed by atoms with van der Waals surface area (Å²) in [7, 11) is 1.37. The van der Waals surface area contributed by atoms with Gasteiger partial charge in [0.25, 0.3) is 0 Å². The smallest absolute Gasteiger partial charge is 0.337 e. The van der Waals surface area contributed by atoms with Crippen LogP contribution in [0.1, 0.15) is 21.5 Å². The zero-order chi connectivity index (χ0) is 20.4. The Morgan fingerprint density at radius 3 is 1.66 bits per heavy atom. The fourth-order valence-electron chi connectivity index (χ4n) is 3.08. The van der Waals surface area contributed by atoms with Gasteiger partial charge in [0.2, 0.25) is 0 Å². The van der Waals surface area contributed by atoms with Gasteiger partial charge in [-0.3, -0.25) is 0 Å². The molecular weight excluding hydrogens is 362 g/mol. The minimum Gasteiger partial charge on any atom is -0.465 e. The van der Waals surface area contributed by atoms with Gasteiger partial charge in [0.05, 0.1) is 18.4 Å². The number of carbonyl (C=O) groups excluding carboxylic acids is 1. The Labute approximate surface area is 169 Å². The fourth-order valence-corrected chi connectivity index (χ4v) is 3.08. The van der Waals surface area contributed by atoms with Crippen molar-refractivity contribution in [1.29, 1.82) is 0 Å². The zero-order valence-corrected chi connectivity index (χ0v) is 16.6. The number of nitrogens with zero attached hydrogens (tertiary/aromatic N) is 3. The monoisotopic (exact) mass is 383 g/mol. The van der Waals surface area contributed by atoms with Gasteiger partial charge in [-0.2, -0.15) is 4.80 Å². The van der Waals surface area contributed by atoms with E-state index in [1.165, 1.54) is 18.2 Å². The lowest BCUT2D eigenvalue weighted by atomic mass is 10.0. The van der Waals surface area contributed by atoms with Crippen molar-refractivity contribution in [3.05, 3.63) is 89.5 Å². The minimum absolute atomic E-state index is 0.362. The second-order valence-electron chi connectivity index (χ2n) is 6.96. The largest absolute Gasteiger partial charge is 0.465 e. The minimum atomic E-state index is -0.362. The third-order valence-corrected chi connectivity index (χ3v) is 4.78. The molecule has 0 saturated carbocycles. The summed E-state index contributed by atoms with van der Waals surface area (Å²) in [6.45, 7) is 4.10. The average molecular weight is 383 g/mol. The Morgan fingerprint density at radius 1 is 0.724 bits per heavy atom. The zero-order valence-electron chi connectivity index (χ0n) is 16.6. The van der Waals surface area contributed by atoms with Gasteiger partial charge in [0.15, 0.2) is 0 Å². The molecule has 1 aromatic heterocycles. The molecule has 4 aromatic rings. The molecule has 5 heteroatoms. The molecule has 0 bridgehead atoms. The predicted molar refractivity (Wildman–Crippen MR) is 113 cm³/mol. The number of methoxy groups -OCH3 is 1. The van der Waals surface area contributed by atoms with E-state index in [-0.39, 0.29) is 5.97 Å².